The van der Waals surface area contributed by atoms with Crippen LogP contribution < -0.4 is 0 Å². The lowest BCUT2D eigenvalue weighted by Gasteiger charge is -1.95. The number of rotatable bonds is 3. The minimum atomic E-state index is -0.399. The highest BCUT2D eigenvalue weighted by molar-refractivity contribution is 8.01. The van der Waals surface area contributed by atoms with Crippen LogP contribution in [0, 0.1) is 15.9 Å². The molecular weight excluding hydrogens is 174 g/mol. The summed E-state index contributed by atoms with van der Waals surface area (Å²) in [5, 5.41) is 10.3. The Morgan fingerprint density at radius 3 is 2.42 bits per heavy atom. The molecule has 1 rings (SSSR count). The van der Waals surface area contributed by atoms with Crippen molar-refractivity contribution < 1.29 is 4.92 Å². The maximum atomic E-state index is 10.3. The molecule has 0 N–H and O–H groups in total. The highest BCUT2D eigenvalue weighted by Crippen LogP contribution is 2.22. The molecule has 0 fully saturated rings. The van der Waals surface area contributed by atoms with Gasteiger partial charge in [-0.25, -0.2) is 0 Å². The molecule has 1 aromatic carbocycles. The van der Waals surface area contributed by atoms with Gasteiger partial charge in [-0.2, -0.15) is 0 Å². The molecule has 3 nitrogen and oxygen atoms in total. The number of hydrogen-bond donors (Lipinski definition) is 0. The van der Waals surface area contributed by atoms with E-state index in [2.05, 4.69) is 0 Å². The van der Waals surface area contributed by atoms with Crippen molar-refractivity contribution in [2.75, 3.05) is 0 Å². The molecule has 0 saturated heterocycles. The second-order valence-electron chi connectivity index (χ2n) is 2.10. The summed E-state index contributed by atoms with van der Waals surface area (Å²) in [4.78, 5) is 10.9. The molecule has 0 unspecified atom stereocenters. The fourth-order valence-corrected chi connectivity index (χ4v) is 1.35. The molecule has 1 aromatic rings. The highest BCUT2D eigenvalue weighted by atomic mass is 32.2. The third-order valence-corrected chi connectivity index (χ3v) is 2.08. The molecule has 4 heteroatoms. The van der Waals surface area contributed by atoms with Crippen LogP contribution in [0.5, 0.6) is 0 Å². The maximum absolute atomic E-state index is 10.3. The van der Waals surface area contributed by atoms with E-state index in [-0.39, 0.29) is 5.69 Å². The van der Waals surface area contributed by atoms with E-state index in [1.165, 1.54) is 12.1 Å². The van der Waals surface area contributed by atoms with Gasteiger partial charge < -0.3 is 0 Å². The summed E-state index contributed by atoms with van der Waals surface area (Å²) < 4.78 is 0. The van der Waals surface area contributed by atoms with E-state index >= 15 is 0 Å². The zero-order valence-corrected chi connectivity index (χ0v) is 7.38. The molecule has 0 spiro atoms. The first-order valence-corrected chi connectivity index (χ1v) is 4.31. The first-order chi connectivity index (χ1) is 5.74. The van der Waals surface area contributed by atoms with Crippen LogP contribution in [0.3, 0.4) is 0 Å². The van der Waals surface area contributed by atoms with Gasteiger partial charge >= 0.3 is 0 Å². The Morgan fingerprint density at radius 1 is 1.42 bits per heavy atom. The van der Waals surface area contributed by atoms with Crippen LogP contribution in [0.2, 0.25) is 0 Å². The van der Waals surface area contributed by atoms with Crippen molar-refractivity contribution in [1.29, 1.82) is 0 Å². The van der Waals surface area contributed by atoms with Crippen LogP contribution in [0.1, 0.15) is 6.92 Å². The first kappa shape index (κ1) is 9.06. The largest absolute Gasteiger partial charge is 0.269 e. The Kier molecular flexibility index (Phi) is 3.10. The number of thioether (sulfide) groups is 1. The van der Waals surface area contributed by atoms with Crippen molar-refractivity contribution in [3.05, 3.63) is 40.1 Å². The molecule has 12 heavy (non-hydrogen) atoms. The minimum Gasteiger partial charge on any atom is -0.258 e. The van der Waals surface area contributed by atoms with Crippen molar-refractivity contribution in [2.45, 2.75) is 11.8 Å². The van der Waals surface area contributed by atoms with Gasteiger partial charge in [0, 0.05) is 22.8 Å². The smallest absolute Gasteiger partial charge is 0.258 e. The van der Waals surface area contributed by atoms with Crippen LogP contribution in [-0.4, -0.2) is 4.92 Å². The summed E-state index contributed by atoms with van der Waals surface area (Å²) in [6.45, 7) is 1.92. The van der Waals surface area contributed by atoms with Crippen LogP contribution in [0.25, 0.3) is 0 Å². The summed E-state index contributed by atoms with van der Waals surface area (Å²) >= 11 is 1.55. The van der Waals surface area contributed by atoms with E-state index in [4.69, 9.17) is 0 Å². The average molecular weight is 182 g/mol. The molecular formula is C8H8NO2S. The molecule has 0 bridgehead atoms. The maximum Gasteiger partial charge on any atom is 0.269 e. The Labute approximate surface area is 74.9 Å². The van der Waals surface area contributed by atoms with E-state index in [0.717, 1.165) is 4.90 Å². The molecule has 0 atom stereocenters. The Bertz CT molecular complexity index is 271. The van der Waals surface area contributed by atoms with Gasteiger partial charge in [0.05, 0.1) is 4.92 Å². The van der Waals surface area contributed by atoms with Crippen LogP contribution in [0.4, 0.5) is 5.69 Å². The molecule has 0 aromatic heterocycles. The molecule has 0 aliphatic rings. The van der Waals surface area contributed by atoms with Crippen LogP contribution >= 0.6 is 11.8 Å². The summed E-state index contributed by atoms with van der Waals surface area (Å²) in [6, 6.07) is 6.49. The Balaban J connectivity index is 2.78. The van der Waals surface area contributed by atoms with Gasteiger partial charge in [-0.3, -0.25) is 10.1 Å². The SMILES string of the molecule is C[CH]Sc1ccc([N+](=O)[O-])cc1. The summed E-state index contributed by atoms with van der Waals surface area (Å²) in [6.07, 6.45) is 0. The van der Waals surface area contributed by atoms with E-state index < -0.39 is 4.92 Å². The molecule has 1 radical (unpaired) electrons. The third kappa shape index (κ3) is 2.23. The summed E-state index contributed by atoms with van der Waals surface area (Å²) in [7, 11) is 0. The second-order valence-corrected chi connectivity index (χ2v) is 3.28. The zero-order valence-electron chi connectivity index (χ0n) is 6.56. The number of non-ortho nitro benzene ring substituents is 1. The predicted octanol–water partition coefficient (Wildman–Crippen LogP) is 2.87. The molecule has 0 heterocycles. The average Bonchev–Trinajstić information content (AvgIpc) is 2.06. The van der Waals surface area contributed by atoms with Gasteiger partial charge in [0.2, 0.25) is 0 Å². The fraction of sp³-hybridized carbons (Fsp3) is 0.125. The standard InChI is InChI=1S/C8H8NO2S/c1-2-12-8-5-3-7(4-6-8)9(10)11/h2-6H,1H3. The molecule has 63 valence electrons. The number of benzene rings is 1. The third-order valence-electron chi connectivity index (χ3n) is 1.30. The first-order valence-electron chi connectivity index (χ1n) is 3.43. The topological polar surface area (TPSA) is 43.1 Å². The summed E-state index contributed by atoms with van der Waals surface area (Å²) in [5.74, 6) is 1.93. The lowest BCUT2D eigenvalue weighted by molar-refractivity contribution is -0.384. The van der Waals surface area contributed by atoms with Gasteiger partial charge in [-0.1, -0.05) is 6.92 Å². The Hall–Kier alpha value is -1.03. The van der Waals surface area contributed by atoms with Gasteiger partial charge in [-0.05, 0) is 12.1 Å². The van der Waals surface area contributed by atoms with Crippen molar-refractivity contribution in [3.8, 4) is 0 Å². The number of nitrogens with zero attached hydrogens (tertiary/aromatic N) is 1. The van der Waals surface area contributed by atoms with Gasteiger partial charge in [-0.15, -0.1) is 11.8 Å². The molecule has 0 amide bonds. The predicted molar refractivity (Wildman–Crippen MR) is 48.9 cm³/mol. The summed E-state index contributed by atoms with van der Waals surface area (Å²) in [5.41, 5.74) is 0.135. The van der Waals surface area contributed by atoms with Crippen molar-refractivity contribution in [1.82, 2.24) is 0 Å². The van der Waals surface area contributed by atoms with Crippen molar-refractivity contribution >= 4 is 17.4 Å². The highest BCUT2D eigenvalue weighted by Gasteiger charge is 2.02. The van der Waals surface area contributed by atoms with Gasteiger partial charge in [0.15, 0.2) is 0 Å². The quantitative estimate of drug-likeness (QED) is 0.410. The lowest BCUT2D eigenvalue weighted by atomic mass is 10.3. The molecule has 0 saturated carbocycles. The van der Waals surface area contributed by atoms with Crippen LogP contribution in [0.15, 0.2) is 29.2 Å². The van der Waals surface area contributed by atoms with Crippen molar-refractivity contribution in [3.63, 3.8) is 0 Å². The van der Waals surface area contributed by atoms with E-state index in [9.17, 15) is 10.1 Å². The fourth-order valence-electron chi connectivity index (χ4n) is 0.783. The zero-order chi connectivity index (χ0) is 8.97. The van der Waals surface area contributed by atoms with E-state index in [0.29, 0.717) is 0 Å². The van der Waals surface area contributed by atoms with Gasteiger partial charge in [0.25, 0.3) is 5.69 Å². The molecule has 0 aliphatic heterocycles. The van der Waals surface area contributed by atoms with Gasteiger partial charge in [0.1, 0.15) is 0 Å². The normalized spacial score (nSPS) is 9.75. The minimum absolute atomic E-state index is 0.135. The molecule has 0 aliphatic carbocycles. The number of hydrogen-bond acceptors (Lipinski definition) is 3. The van der Waals surface area contributed by atoms with Crippen molar-refractivity contribution in [2.24, 2.45) is 0 Å². The van der Waals surface area contributed by atoms with E-state index in [1.54, 1.807) is 23.9 Å². The second kappa shape index (κ2) is 4.11. The number of nitro benzene ring substituents is 1. The monoisotopic (exact) mass is 182 g/mol. The van der Waals surface area contributed by atoms with Crippen LogP contribution in [-0.2, 0) is 0 Å². The lowest BCUT2D eigenvalue weighted by Crippen LogP contribution is -1.86. The Morgan fingerprint density at radius 2 is 2.00 bits per heavy atom. The van der Waals surface area contributed by atoms with E-state index in [1.807, 2.05) is 12.7 Å². The number of nitro groups is 1.